The van der Waals surface area contributed by atoms with Crippen LogP contribution in [0, 0.1) is 0 Å². The molecule has 192 valence electrons. The summed E-state index contributed by atoms with van der Waals surface area (Å²) in [5, 5.41) is -0.147. The van der Waals surface area contributed by atoms with E-state index in [0.717, 1.165) is 16.0 Å². The first kappa shape index (κ1) is 30.3. The summed E-state index contributed by atoms with van der Waals surface area (Å²) in [5.74, 6) is 1.17. The molecular weight excluding hydrogens is 464 g/mol. The van der Waals surface area contributed by atoms with Crippen LogP contribution in [0.5, 0.6) is 11.5 Å². The van der Waals surface area contributed by atoms with Gasteiger partial charge < -0.3 is 18.9 Å². The highest BCUT2D eigenvalue weighted by Crippen LogP contribution is 2.26. The fourth-order valence-electron chi connectivity index (χ4n) is 2.99. The minimum absolute atomic E-state index is 0.130. The molecule has 0 amide bonds. The molecule has 7 heteroatoms. The largest absolute Gasteiger partial charge is 0.497 e. The summed E-state index contributed by atoms with van der Waals surface area (Å²) >= 11 is 1.49. The molecule has 2 rings (SSSR count). The minimum atomic E-state index is -0.460. The molecule has 0 saturated carbocycles. The Balaban J connectivity index is 0.00000298. The molecule has 0 aromatic heterocycles. The monoisotopic (exact) mass is 502 g/mol. The molecule has 2 aromatic rings. The van der Waals surface area contributed by atoms with Crippen LogP contribution in [0.1, 0.15) is 58.3 Å². The van der Waals surface area contributed by atoms with Crippen molar-refractivity contribution < 1.29 is 28.5 Å². The number of hydrogen-bond acceptors (Lipinski definition) is 7. The molecule has 0 N–H and O–H groups in total. The first-order valence-corrected chi connectivity index (χ1v) is 12.7. The maximum Gasteiger partial charge on any atom is 0.307 e. The van der Waals surface area contributed by atoms with Gasteiger partial charge in [0.05, 0.1) is 12.4 Å². The van der Waals surface area contributed by atoms with Crippen molar-refractivity contribution in [2.45, 2.75) is 58.8 Å². The van der Waals surface area contributed by atoms with Crippen molar-refractivity contribution in [3.8, 4) is 11.5 Å². The van der Waals surface area contributed by atoms with Gasteiger partial charge in [-0.05, 0) is 60.6 Å². The minimum Gasteiger partial charge on any atom is -0.497 e. The van der Waals surface area contributed by atoms with E-state index in [4.69, 9.17) is 18.9 Å². The van der Waals surface area contributed by atoms with Crippen molar-refractivity contribution in [3.05, 3.63) is 71.1 Å². The van der Waals surface area contributed by atoms with Crippen molar-refractivity contribution in [3.63, 3.8) is 0 Å². The third kappa shape index (κ3) is 11.5. The van der Waals surface area contributed by atoms with Gasteiger partial charge in [0.15, 0.2) is 6.79 Å². The fourth-order valence-corrected chi connectivity index (χ4v) is 3.91. The normalized spacial score (nSPS) is 11.9. The van der Waals surface area contributed by atoms with E-state index in [1.54, 1.807) is 21.0 Å². The van der Waals surface area contributed by atoms with E-state index in [1.807, 2.05) is 69.3 Å². The smallest absolute Gasteiger partial charge is 0.307 e. The average Bonchev–Trinajstić information content (AvgIpc) is 2.87. The van der Waals surface area contributed by atoms with Crippen LogP contribution in [0.4, 0.5) is 0 Å². The highest BCUT2D eigenvalue weighted by Gasteiger charge is 2.17. The Morgan fingerprint density at radius 1 is 1.03 bits per heavy atom. The lowest BCUT2D eigenvalue weighted by atomic mass is 10.1. The molecule has 0 aliphatic rings. The predicted molar refractivity (Wildman–Crippen MR) is 142 cm³/mol. The summed E-state index contributed by atoms with van der Waals surface area (Å²) in [6.07, 6.45) is 0.454. The zero-order valence-electron chi connectivity index (χ0n) is 21.7. The molecule has 0 bridgehead atoms. The molecule has 0 aliphatic carbocycles. The Kier molecular flexibility index (Phi) is 14.5. The van der Waals surface area contributed by atoms with E-state index in [-0.39, 0.29) is 36.8 Å². The van der Waals surface area contributed by atoms with Gasteiger partial charge >= 0.3 is 5.97 Å². The number of carbonyl (C=O) groups is 2. The van der Waals surface area contributed by atoms with Crippen molar-refractivity contribution in [1.82, 2.24) is 0 Å². The lowest BCUT2D eigenvalue weighted by molar-refractivity contribution is -0.162. The lowest BCUT2D eigenvalue weighted by Crippen LogP contribution is -2.18. The number of ether oxygens (including phenoxy) is 4. The number of thioether (sulfide) groups is 1. The van der Waals surface area contributed by atoms with E-state index in [9.17, 15) is 9.59 Å². The molecule has 2 atom stereocenters. The SMILES string of the molecule is C=C(C)SC(Cc1ccc(OCC(OCOC(=O)CC)c2cccc(OC)c2)cc1)C(C)=O.CC. The number of ketones is 1. The van der Waals surface area contributed by atoms with Gasteiger partial charge in [-0.3, -0.25) is 9.59 Å². The van der Waals surface area contributed by atoms with Crippen LogP contribution < -0.4 is 9.47 Å². The Labute approximate surface area is 214 Å². The Hall–Kier alpha value is -2.77. The topological polar surface area (TPSA) is 71.1 Å². The molecule has 2 aromatic carbocycles. The standard InChI is InChI=1S/C26H32O6S.C2H6/c1-6-26(28)32-17-31-24(21-8-7-9-23(15-21)29-5)16-30-22-12-10-20(11-13-22)14-25(19(4)27)33-18(2)3;1-2/h7-13,15,24-25H,2,6,14,16-17H2,1,3-5H3;1-2H3. The second-order valence-electron chi connectivity index (χ2n) is 7.50. The van der Waals surface area contributed by atoms with Crippen molar-refractivity contribution >= 4 is 23.5 Å². The number of Topliss-reactive ketones (excluding diaryl/α,β-unsaturated/α-hetero) is 1. The van der Waals surface area contributed by atoms with E-state index in [2.05, 4.69) is 6.58 Å². The van der Waals surface area contributed by atoms with Crippen LogP contribution in [0.15, 0.2) is 60.0 Å². The Morgan fingerprint density at radius 3 is 2.29 bits per heavy atom. The predicted octanol–water partition coefficient (Wildman–Crippen LogP) is 6.54. The third-order valence-corrected chi connectivity index (χ3v) is 5.97. The summed E-state index contributed by atoms with van der Waals surface area (Å²) in [6, 6.07) is 15.1. The lowest BCUT2D eigenvalue weighted by Gasteiger charge is -2.20. The molecule has 0 heterocycles. The molecule has 6 nitrogen and oxygen atoms in total. The van der Waals surface area contributed by atoms with Crippen LogP contribution in [0.3, 0.4) is 0 Å². The Bertz CT molecular complexity index is 925. The maximum absolute atomic E-state index is 11.9. The highest BCUT2D eigenvalue weighted by atomic mass is 32.2. The van der Waals surface area contributed by atoms with Crippen molar-refractivity contribution in [2.75, 3.05) is 20.5 Å². The van der Waals surface area contributed by atoms with Gasteiger partial charge in [-0.1, -0.05) is 51.6 Å². The van der Waals surface area contributed by atoms with Gasteiger partial charge in [0.1, 0.15) is 30.0 Å². The Morgan fingerprint density at radius 2 is 1.71 bits per heavy atom. The summed E-state index contributed by atoms with van der Waals surface area (Å²) in [5.41, 5.74) is 1.89. The van der Waals surface area contributed by atoms with Crippen molar-refractivity contribution in [2.24, 2.45) is 0 Å². The molecule has 0 aliphatic heterocycles. The van der Waals surface area contributed by atoms with Gasteiger partial charge in [0.2, 0.25) is 0 Å². The second-order valence-corrected chi connectivity index (χ2v) is 9.00. The fraction of sp³-hybridized carbons (Fsp3) is 0.429. The van der Waals surface area contributed by atoms with E-state index in [0.29, 0.717) is 17.9 Å². The first-order chi connectivity index (χ1) is 16.8. The second kappa shape index (κ2) is 16.8. The van der Waals surface area contributed by atoms with Crippen LogP contribution in [-0.4, -0.2) is 37.5 Å². The van der Waals surface area contributed by atoms with E-state index in [1.165, 1.54) is 11.8 Å². The van der Waals surface area contributed by atoms with Gasteiger partial charge in [-0.15, -0.1) is 11.8 Å². The number of benzene rings is 2. The molecular formula is C28H38O6S. The van der Waals surface area contributed by atoms with Gasteiger partial charge in [0, 0.05) is 6.42 Å². The summed E-state index contributed by atoms with van der Waals surface area (Å²) < 4.78 is 22.1. The third-order valence-electron chi connectivity index (χ3n) is 4.79. The number of allylic oxidation sites excluding steroid dienone is 1. The van der Waals surface area contributed by atoms with Crippen LogP contribution in [0.25, 0.3) is 0 Å². The number of esters is 1. The van der Waals surface area contributed by atoms with E-state index >= 15 is 0 Å². The molecule has 2 unspecified atom stereocenters. The first-order valence-electron chi connectivity index (χ1n) is 11.8. The number of rotatable bonds is 14. The number of carbonyl (C=O) groups excluding carboxylic acids is 2. The molecule has 35 heavy (non-hydrogen) atoms. The number of hydrogen-bond donors (Lipinski definition) is 0. The molecule has 0 radical (unpaired) electrons. The van der Waals surface area contributed by atoms with Gasteiger partial charge in [0.25, 0.3) is 0 Å². The highest BCUT2D eigenvalue weighted by molar-refractivity contribution is 8.04. The van der Waals surface area contributed by atoms with Crippen molar-refractivity contribution in [1.29, 1.82) is 0 Å². The van der Waals surface area contributed by atoms with E-state index < -0.39 is 6.10 Å². The number of methoxy groups -OCH3 is 1. The quantitative estimate of drug-likeness (QED) is 0.215. The van der Waals surface area contributed by atoms with Gasteiger partial charge in [-0.2, -0.15) is 0 Å². The molecule has 0 fully saturated rings. The van der Waals surface area contributed by atoms with Crippen LogP contribution in [0.2, 0.25) is 0 Å². The maximum atomic E-state index is 11.9. The summed E-state index contributed by atoms with van der Waals surface area (Å²) in [4.78, 5) is 24.3. The summed E-state index contributed by atoms with van der Waals surface area (Å²) in [6.45, 7) is 13.2. The molecule has 0 spiro atoms. The summed E-state index contributed by atoms with van der Waals surface area (Å²) in [7, 11) is 1.60. The average molecular weight is 503 g/mol. The van der Waals surface area contributed by atoms with Crippen LogP contribution >= 0.6 is 11.8 Å². The molecule has 0 saturated heterocycles. The van der Waals surface area contributed by atoms with Crippen LogP contribution in [-0.2, 0) is 25.5 Å². The van der Waals surface area contributed by atoms with Gasteiger partial charge in [-0.25, -0.2) is 0 Å². The zero-order valence-corrected chi connectivity index (χ0v) is 22.5. The zero-order chi connectivity index (χ0) is 26.2.